The van der Waals surface area contributed by atoms with E-state index in [4.69, 9.17) is 4.74 Å². The molecule has 2 aromatic heterocycles. The van der Waals surface area contributed by atoms with Gasteiger partial charge in [-0.1, -0.05) is 13.8 Å². The standard InChI is InChI=1S/C16H15BrFN3O2/c1-7(2)11-6-23-15-12-9(4-8(18)13(15)17)19-5-10-14(12)21(11)16(22)20(10)3/h4-5,7,11H,6H2,1-3H3. The Bertz CT molecular complexity index is 1020. The molecule has 0 aliphatic carbocycles. The smallest absolute Gasteiger partial charge is 0.329 e. The van der Waals surface area contributed by atoms with Crippen molar-refractivity contribution in [2.24, 2.45) is 13.0 Å². The predicted octanol–water partition coefficient (Wildman–Crippen LogP) is 3.38. The van der Waals surface area contributed by atoms with Crippen molar-refractivity contribution in [1.29, 1.82) is 0 Å². The Hall–Kier alpha value is -1.89. The molecule has 0 spiro atoms. The Morgan fingerprint density at radius 1 is 1.48 bits per heavy atom. The average Bonchev–Trinajstić information content (AvgIpc) is 2.68. The van der Waals surface area contributed by atoms with E-state index in [9.17, 15) is 9.18 Å². The van der Waals surface area contributed by atoms with E-state index in [1.165, 1.54) is 6.07 Å². The van der Waals surface area contributed by atoms with Gasteiger partial charge in [-0.2, -0.15) is 0 Å². The second-order valence-electron chi connectivity index (χ2n) is 6.22. The van der Waals surface area contributed by atoms with Gasteiger partial charge in [0.05, 0.1) is 38.6 Å². The maximum atomic E-state index is 14.1. The summed E-state index contributed by atoms with van der Waals surface area (Å²) in [7, 11) is 1.73. The fourth-order valence-electron chi connectivity index (χ4n) is 3.27. The van der Waals surface area contributed by atoms with Crippen LogP contribution in [0.5, 0.6) is 5.75 Å². The molecule has 7 heteroatoms. The Kier molecular flexibility index (Phi) is 3.07. The van der Waals surface area contributed by atoms with E-state index in [0.717, 1.165) is 11.0 Å². The first-order chi connectivity index (χ1) is 10.9. The molecule has 0 bridgehead atoms. The van der Waals surface area contributed by atoms with Crippen LogP contribution >= 0.6 is 15.9 Å². The summed E-state index contributed by atoms with van der Waals surface area (Å²) in [5.41, 5.74) is 1.86. The molecule has 0 saturated carbocycles. The number of aromatic nitrogens is 3. The monoisotopic (exact) mass is 379 g/mol. The molecule has 23 heavy (non-hydrogen) atoms. The maximum absolute atomic E-state index is 14.1. The van der Waals surface area contributed by atoms with E-state index in [-0.39, 0.29) is 22.1 Å². The minimum Gasteiger partial charge on any atom is -0.489 e. The molecule has 1 aliphatic rings. The molecule has 1 aliphatic heterocycles. The van der Waals surface area contributed by atoms with Crippen LogP contribution in [0.25, 0.3) is 21.9 Å². The summed E-state index contributed by atoms with van der Waals surface area (Å²) < 4.78 is 23.7. The van der Waals surface area contributed by atoms with Crippen molar-refractivity contribution in [2.45, 2.75) is 19.9 Å². The topological polar surface area (TPSA) is 49.1 Å². The highest BCUT2D eigenvalue weighted by Gasteiger charge is 2.30. The van der Waals surface area contributed by atoms with Crippen LogP contribution < -0.4 is 10.4 Å². The van der Waals surface area contributed by atoms with Crippen LogP contribution in [-0.2, 0) is 7.05 Å². The maximum Gasteiger partial charge on any atom is 0.329 e. The van der Waals surface area contributed by atoms with Gasteiger partial charge in [0.25, 0.3) is 0 Å². The van der Waals surface area contributed by atoms with Crippen molar-refractivity contribution in [3.63, 3.8) is 0 Å². The summed E-state index contributed by atoms with van der Waals surface area (Å²) in [5, 5.41) is 0.677. The number of aryl methyl sites for hydroxylation is 1. The van der Waals surface area contributed by atoms with E-state index in [2.05, 4.69) is 20.9 Å². The molecule has 0 amide bonds. The molecule has 0 radical (unpaired) electrons. The summed E-state index contributed by atoms with van der Waals surface area (Å²) in [5.74, 6) is 0.187. The van der Waals surface area contributed by atoms with Crippen LogP contribution in [0.4, 0.5) is 4.39 Å². The molecule has 120 valence electrons. The summed E-state index contributed by atoms with van der Waals surface area (Å²) in [6.45, 7) is 4.40. The third-order valence-corrected chi connectivity index (χ3v) is 5.29. The number of hydrogen-bond donors (Lipinski definition) is 0. The number of pyridine rings is 1. The fourth-order valence-corrected chi connectivity index (χ4v) is 3.69. The molecule has 3 heterocycles. The predicted molar refractivity (Wildman–Crippen MR) is 89.5 cm³/mol. The van der Waals surface area contributed by atoms with Crippen molar-refractivity contribution in [3.05, 3.63) is 33.0 Å². The van der Waals surface area contributed by atoms with Gasteiger partial charge in [-0.25, -0.2) is 9.18 Å². The van der Waals surface area contributed by atoms with Crippen LogP contribution in [0.1, 0.15) is 19.9 Å². The third-order valence-electron chi connectivity index (χ3n) is 4.56. The molecule has 1 atom stereocenters. The summed E-state index contributed by atoms with van der Waals surface area (Å²) >= 11 is 3.27. The highest BCUT2D eigenvalue weighted by atomic mass is 79.9. The quantitative estimate of drug-likeness (QED) is 0.651. The largest absolute Gasteiger partial charge is 0.489 e. The van der Waals surface area contributed by atoms with Crippen LogP contribution in [0.15, 0.2) is 21.5 Å². The van der Waals surface area contributed by atoms with E-state index in [0.29, 0.717) is 23.3 Å². The number of rotatable bonds is 1. The zero-order valence-electron chi connectivity index (χ0n) is 12.9. The van der Waals surface area contributed by atoms with Crippen molar-refractivity contribution >= 4 is 37.9 Å². The second kappa shape index (κ2) is 4.80. The van der Waals surface area contributed by atoms with Gasteiger partial charge >= 0.3 is 5.69 Å². The van der Waals surface area contributed by atoms with Gasteiger partial charge in [0.2, 0.25) is 0 Å². The van der Waals surface area contributed by atoms with Crippen molar-refractivity contribution in [2.75, 3.05) is 6.61 Å². The van der Waals surface area contributed by atoms with Gasteiger partial charge in [0.15, 0.2) is 0 Å². The molecule has 1 aromatic carbocycles. The molecular weight excluding hydrogens is 365 g/mol. The van der Waals surface area contributed by atoms with Crippen molar-refractivity contribution < 1.29 is 9.13 Å². The van der Waals surface area contributed by atoms with Crippen molar-refractivity contribution in [3.8, 4) is 5.75 Å². The Balaban J connectivity index is 2.30. The number of nitrogens with zero attached hydrogens (tertiary/aromatic N) is 3. The van der Waals surface area contributed by atoms with Gasteiger partial charge in [-0.05, 0) is 21.8 Å². The van der Waals surface area contributed by atoms with Crippen LogP contribution in [0.3, 0.4) is 0 Å². The SMILES string of the molecule is CC(C)C1COc2c(Br)c(F)cc3ncc4c(c23)n1c(=O)n4C. The number of benzene rings is 1. The molecule has 5 nitrogen and oxygen atoms in total. The first-order valence-corrected chi connectivity index (χ1v) is 8.21. The first kappa shape index (κ1) is 14.7. The van der Waals surface area contributed by atoms with Crippen LogP contribution in [0.2, 0.25) is 0 Å². The van der Waals surface area contributed by atoms with Crippen LogP contribution in [0, 0.1) is 11.7 Å². The normalized spacial score (nSPS) is 17.2. The van der Waals surface area contributed by atoms with Crippen LogP contribution in [-0.4, -0.2) is 20.7 Å². The lowest BCUT2D eigenvalue weighted by atomic mass is 10.1. The minimum atomic E-state index is -0.424. The molecule has 3 aromatic rings. The van der Waals surface area contributed by atoms with Crippen molar-refractivity contribution in [1.82, 2.24) is 14.1 Å². The number of imidazole rings is 1. The van der Waals surface area contributed by atoms with E-state index >= 15 is 0 Å². The molecule has 4 rings (SSSR count). The Morgan fingerprint density at radius 2 is 2.22 bits per heavy atom. The Labute approximate surface area is 139 Å². The summed E-state index contributed by atoms with van der Waals surface area (Å²) in [4.78, 5) is 17.1. The molecule has 1 unspecified atom stereocenters. The van der Waals surface area contributed by atoms with E-state index in [1.807, 2.05) is 13.8 Å². The van der Waals surface area contributed by atoms with Gasteiger partial charge < -0.3 is 4.74 Å². The first-order valence-electron chi connectivity index (χ1n) is 7.42. The van der Waals surface area contributed by atoms with Gasteiger partial charge in [0, 0.05) is 13.1 Å². The third kappa shape index (κ3) is 1.83. The fraction of sp³-hybridized carbons (Fsp3) is 0.375. The zero-order valence-corrected chi connectivity index (χ0v) is 14.5. The highest BCUT2D eigenvalue weighted by molar-refractivity contribution is 9.10. The lowest BCUT2D eigenvalue weighted by Gasteiger charge is -2.20. The molecule has 0 saturated heterocycles. The highest BCUT2D eigenvalue weighted by Crippen LogP contribution is 2.42. The number of hydrogen-bond acceptors (Lipinski definition) is 3. The zero-order chi connectivity index (χ0) is 16.5. The van der Waals surface area contributed by atoms with Gasteiger partial charge in [-0.3, -0.25) is 14.1 Å². The number of halogens is 2. The molecule has 0 fully saturated rings. The Morgan fingerprint density at radius 3 is 2.91 bits per heavy atom. The average molecular weight is 380 g/mol. The summed E-state index contributed by atoms with van der Waals surface area (Å²) in [6.07, 6.45) is 1.62. The minimum absolute atomic E-state index is 0.107. The number of ether oxygens (including phenoxy) is 1. The van der Waals surface area contributed by atoms with E-state index < -0.39 is 5.82 Å². The summed E-state index contributed by atoms with van der Waals surface area (Å²) in [6, 6.07) is 1.24. The molecular formula is C16H15BrFN3O2. The molecule has 0 N–H and O–H groups in total. The van der Waals surface area contributed by atoms with E-state index in [1.54, 1.807) is 22.4 Å². The lowest BCUT2D eigenvalue weighted by Crippen LogP contribution is -2.31. The second-order valence-corrected chi connectivity index (χ2v) is 7.01. The lowest BCUT2D eigenvalue weighted by molar-refractivity contribution is 0.216. The van der Waals surface area contributed by atoms with Gasteiger partial charge in [-0.15, -0.1) is 0 Å². The van der Waals surface area contributed by atoms with Gasteiger partial charge in [0.1, 0.15) is 18.2 Å².